The second kappa shape index (κ2) is 9.51. The van der Waals surface area contributed by atoms with Crippen LogP contribution in [0.4, 0.5) is 17.2 Å². The lowest BCUT2D eigenvalue weighted by molar-refractivity contribution is 0.266. The highest BCUT2D eigenvalue weighted by Crippen LogP contribution is 2.39. The molecule has 2 heterocycles. The molecule has 0 saturated heterocycles. The van der Waals surface area contributed by atoms with Crippen LogP contribution < -0.4 is 16.8 Å². The number of nitrogen functional groups attached to an aromatic ring is 1. The van der Waals surface area contributed by atoms with Crippen LogP contribution >= 0.6 is 0 Å². The van der Waals surface area contributed by atoms with Gasteiger partial charge in [0.2, 0.25) is 5.90 Å². The van der Waals surface area contributed by atoms with E-state index in [2.05, 4.69) is 20.4 Å². The average molecular weight is 447 g/mol. The number of ether oxygens (including phenoxy) is 1. The molecule has 4 rings (SSSR count). The van der Waals surface area contributed by atoms with Crippen molar-refractivity contribution in [1.29, 1.82) is 10.8 Å². The van der Waals surface area contributed by atoms with Crippen molar-refractivity contribution >= 4 is 35.3 Å². The second-order valence-electron chi connectivity index (χ2n) is 7.92. The third-order valence-electron chi connectivity index (χ3n) is 5.54. The molecule has 1 fully saturated rings. The third kappa shape index (κ3) is 5.17. The lowest BCUT2D eigenvalue weighted by Crippen LogP contribution is -2.27. The van der Waals surface area contributed by atoms with E-state index < -0.39 is 0 Å². The predicted octanol–water partition coefficient (Wildman–Crippen LogP) is 3.90. The Labute approximate surface area is 191 Å². The zero-order valence-corrected chi connectivity index (χ0v) is 18.2. The Morgan fingerprint density at radius 1 is 1.30 bits per heavy atom. The van der Waals surface area contributed by atoms with Gasteiger partial charge in [0.15, 0.2) is 0 Å². The van der Waals surface area contributed by atoms with E-state index in [0.717, 1.165) is 30.5 Å². The average Bonchev–Trinajstić information content (AvgIpc) is 3.19. The fourth-order valence-corrected chi connectivity index (χ4v) is 3.60. The summed E-state index contributed by atoms with van der Waals surface area (Å²) in [5, 5.41) is 23.3. The minimum absolute atomic E-state index is 0.0192. The van der Waals surface area contributed by atoms with Gasteiger partial charge in [-0.15, -0.1) is 0 Å². The van der Waals surface area contributed by atoms with Gasteiger partial charge < -0.3 is 31.5 Å². The minimum atomic E-state index is -0.236. The lowest BCUT2D eigenvalue weighted by atomic mass is 9.78. The first kappa shape index (κ1) is 22.0. The van der Waals surface area contributed by atoms with Crippen molar-refractivity contribution in [3.63, 3.8) is 0 Å². The summed E-state index contributed by atoms with van der Waals surface area (Å²) < 4.78 is 10.6. The van der Waals surface area contributed by atoms with Gasteiger partial charge >= 0.3 is 0 Å². The zero-order chi connectivity index (χ0) is 23.4. The maximum absolute atomic E-state index is 8.26. The molecule has 0 aliphatic heterocycles. The number of pyridine rings is 1. The van der Waals surface area contributed by atoms with E-state index in [1.54, 1.807) is 30.3 Å². The number of rotatable bonds is 7. The summed E-state index contributed by atoms with van der Waals surface area (Å²) in [5.74, 6) is 1.57. The van der Waals surface area contributed by atoms with E-state index in [1.165, 1.54) is 6.42 Å². The van der Waals surface area contributed by atoms with Crippen LogP contribution in [-0.4, -0.2) is 28.3 Å². The topological polar surface area (TPSA) is 172 Å². The van der Waals surface area contributed by atoms with Gasteiger partial charge in [-0.1, -0.05) is 17.6 Å². The fraction of sp³-hybridized carbons (Fsp3) is 0.261. The van der Waals surface area contributed by atoms with Crippen molar-refractivity contribution in [2.45, 2.75) is 32.2 Å². The summed E-state index contributed by atoms with van der Waals surface area (Å²) in [6, 6.07) is 11.9. The third-order valence-corrected chi connectivity index (χ3v) is 5.54. The number of aromatic nitrogens is 2. The molecule has 1 atom stereocenters. The van der Waals surface area contributed by atoms with Crippen molar-refractivity contribution in [2.75, 3.05) is 11.1 Å². The van der Waals surface area contributed by atoms with Gasteiger partial charge in [-0.05, 0) is 56.0 Å². The summed E-state index contributed by atoms with van der Waals surface area (Å²) in [6.07, 6.45) is 4.55. The first-order chi connectivity index (χ1) is 15.9. The normalized spacial score (nSPS) is 14.9. The van der Waals surface area contributed by atoms with Crippen LogP contribution in [0.5, 0.6) is 0 Å². The molecule has 33 heavy (non-hydrogen) atoms. The largest absolute Gasteiger partial charge is 0.405 e. The molecule has 170 valence electrons. The van der Waals surface area contributed by atoms with Gasteiger partial charge in [0.1, 0.15) is 23.0 Å². The summed E-state index contributed by atoms with van der Waals surface area (Å²) in [5.41, 5.74) is 14.3. The lowest BCUT2D eigenvalue weighted by Gasteiger charge is -2.33. The van der Waals surface area contributed by atoms with Crippen molar-refractivity contribution in [2.24, 2.45) is 16.6 Å². The fourth-order valence-electron chi connectivity index (χ4n) is 3.60. The van der Waals surface area contributed by atoms with Crippen LogP contribution in [0, 0.1) is 23.7 Å². The van der Waals surface area contributed by atoms with E-state index in [9.17, 15) is 0 Å². The number of hydrogen-bond acceptors (Lipinski definition) is 9. The molecule has 1 unspecified atom stereocenters. The number of benzene rings is 1. The molecule has 10 nitrogen and oxygen atoms in total. The molecule has 0 spiro atoms. The van der Waals surface area contributed by atoms with E-state index in [0.29, 0.717) is 34.4 Å². The molecule has 3 aromatic rings. The Bertz CT molecular complexity index is 1200. The number of nitrogens with zero attached hydrogens (tertiary/aromatic N) is 3. The molecule has 1 aliphatic rings. The molecule has 2 aromatic heterocycles. The van der Waals surface area contributed by atoms with Gasteiger partial charge in [-0.2, -0.15) is 4.99 Å². The number of nitrogens with two attached hydrogens (primary N) is 2. The molecule has 1 saturated carbocycles. The van der Waals surface area contributed by atoms with Crippen LogP contribution in [0.25, 0.3) is 0 Å². The molecular weight excluding hydrogens is 420 g/mol. The van der Waals surface area contributed by atoms with Crippen molar-refractivity contribution in [3.05, 3.63) is 65.2 Å². The maximum atomic E-state index is 8.26. The molecule has 0 bridgehead atoms. The number of aryl methyl sites for hydroxylation is 1. The Hall–Kier alpha value is -4.21. The van der Waals surface area contributed by atoms with Crippen LogP contribution in [0.15, 0.2) is 52.0 Å². The van der Waals surface area contributed by atoms with Crippen LogP contribution in [0.3, 0.4) is 0 Å². The molecule has 0 radical (unpaired) electrons. The summed E-state index contributed by atoms with van der Waals surface area (Å²) in [6.45, 7) is 1.87. The number of nitrogens with one attached hydrogen (secondary N) is 3. The summed E-state index contributed by atoms with van der Waals surface area (Å²) >= 11 is 0. The molecule has 7 N–H and O–H groups in total. The smallest absolute Gasteiger partial charge is 0.294 e. The highest BCUT2D eigenvalue weighted by atomic mass is 16.5. The molecular formula is C23H26N8O2. The minimum Gasteiger partial charge on any atom is -0.405 e. The first-order valence-corrected chi connectivity index (χ1v) is 10.6. The standard InChI is InChI=1S/C23H26N8O2/c1-13-10-19(31-33-13)21(14-4-2-5-14)30-20-7-3-6-18(29-20)22(26)32-23(27)28-16-8-9-17(25)15(11-16)12-24/h3,6-12,14,21,24,26H,2,4-5,25H2,1H3,(H2,27,28)(H,29,30). The first-order valence-electron chi connectivity index (χ1n) is 10.6. The Morgan fingerprint density at radius 3 is 2.79 bits per heavy atom. The van der Waals surface area contributed by atoms with Gasteiger partial charge in [0.05, 0.1) is 11.7 Å². The van der Waals surface area contributed by atoms with Crippen LogP contribution in [-0.2, 0) is 4.74 Å². The van der Waals surface area contributed by atoms with E-state index >= 15 is 0 Å². The second-order valence-corrected chi connectivity index (χ2v) is 7.92. The van der Waals surface area contributed by atoms with Gasteiger partial charge in [0.25, 0.3) is 6.02 Å². The van der Waals surface area contributed by atoms with E-state index in [4.69, 9.17) is 31.5 Å². The highest BCUT2D eigenvalue weighted by molar-refractivity contribution is 5.98. The Kier molecular flexibility index (Phi) is 6.34. The number of amidine groups is 1. The van der Waals surface area contributed by atoms with Gasteiger partial charge in [0, 0.05) is 23.5 Å². The predicted molar refractivity (Wildman–Crippen MR) is 127 cm³/mol. The van der Waals surface area contributed by atoms with Crippen molar-refractivity contribution < 1.29 is 9.26 Å². The molecule has 10 heteroatoms. The van der Waals surface area contributed by atoms with E-state index in [1.807, 2.05) is 19.1 Å². The molecule has 1 aliphatic carbocycles. The van der Waals surface area contributed by atoms with Gasteiger partial charge in [-0.3, -0.25) is 5.41 Å². The number of anilines is 2. The summed E-state index contributed by atoms with van der Waals surface area (Å²) in [7, 11) is 0. The van der Waals surface area contributed by atoms with Crippen molar-refractivity contribution in [3.8, 4) is 0 Å². The monoisotopic (exact) mass is 446 g/mol. The zero-order valence-electron chi connectivity index (χ0n) is 18.2. The quantitative estimate of drug-likeness (QED) is 0.208. The Morgan fingerprint density at radius 2 is 2.12 bits per heavy atom. The maximum Gasteiger partial charge on any atom is 0.294 e. The SMILES string of the molecule is Cc1cc(C(Nc2cccc(C(=N)OC(N)=Nc3ccc(N)c(C=N)c3)n2)C2CCC2)no1. The van der Waals surface area contributed by atoms with Crippen molar-refractivity contribution in [1.82, 2.24) is 10.1 Å². The molecule has 1 aromatic carbocycles. The highest BCUT2D eigenvalue weighted by Gasteiger charge is 2.31. The van der Waals surface area contributed by atoms with Gasteiger partial charge in [-0.25, -0.2) is 4.98 Å². The number of aliphatic imine (C=N–C) groups is 1. The Balaban J connectivity index is 1.47. The number of hydrogen-bond donors (Lipinski definition) is 5. The molecule has 0 amide bonds. The summed E-state index contributed by atoms with van der Waals surface area (Å²) in [4.78, 5) is 8.65. The van der Waals surface area contributed by atoms with Crippen LogP contribution in [0.2, 0.25) is 0 Å². The van der Waals surface area contributed by atoms with Crippen LogP contribution in [0.1, 0.15) is 48.0 Å². The van der Waals surface area contributed by atoms with E-state index in [-0.39, 0.29) is 18.0 Å².